The number of hydrogen-bond donors (Lipinski definition) is 2. The Morgan fingerprint density at radius 1 is 0.852 bits per heavy atom. The summed E-state index contributed by atoms with van der Waals surface area (Å²) in [5.74, 6) is 1.89. The molecule has 0 amide bonds. The molecule has 5 fully saturated rings. The van der Waals surface area contributed by atoms with Crippen LogP contribution in [0.1, 0.15) is 124 Å². The highest BCUT2D eigenvalue weighted by Gasteiger charge is 2.59. The zero-order valence-corrected chi connectivity index (χ0v) is 33.3. The number of hydrogen-bond acceptors (Lipinski definition) is 5. The molecule has 3 aromatic rings. The summed E-state index contributed by atoms with van der Waals surface area (Å²) < 4.78 is 29.2. The molecule has 54 heavy (non-hydrogen) atoms. The molecule has 5 saturated carbocycles. The molecule has 2 N–H and O–H groups in total. The highest BCUT2D eigenvalue weighted by molar-refractivity contribution is 7.88. The van der Waals surface area contributed by atoms with E-state index in [1.807, 2.05) is 48.5 Å². The van der Waals surface area contributed by atoms with Crippen molar-refractivity contribution in [2.24, 2.45) is 28.6 Å². The number of nitrogens with zero attached hydrogens (tertiary/aromatic N) is 1. The lowest BCUT2D eigenvalue weighted by Crippen LogP contribution is -2.57. The molecule has 288 valence electrons. The maximum atomic E-state index is 14.7. The molecule has 0 aliphatic heterocycles. The Morgan fingerprint density at radius 2 is 1.50 bits per heavy atom. The molecule has 10 rings (SSSR count). The zero-order chi connectivity index (χ0) is 37.9. The number of benzene rings is 3. The minimum absolute atomic E-state index is 0.00620. The van der Waals surface area contributed by atoms with E-state index in [0.29, 0.717) is 67.5 Å². The van der Waals surface area contributed by atoms with Gasteiger partial charge in [-0.3, -0.25) is 4.79 Å². The number of sulfonamides is 1. The topological polar surface area (TPSA) is 94.9 Å². The summed E-state index contributed by atoms with van der Waals surface area (Å²) in [4.78, 5) is 14.7. The van der Waals surface area contributed by atoms with E-state index >= 15 is 0 Å². The minimum Gasteiger partial charge on any atom is -0.393 e. The van der Waals surface area contributed by atoms with Crippen LogP contribution in [0.15, 0.2) is 84.4 Å². The van der Waals surface area contributed by atoms with Gasteiger partial charge in [0.05, 0.1) is 18.0 Å². The van der Waals surface area contributed by atoms with Crippen LogP contribution >= 0.6 is 0 Å². The highest BCUT2D eigenvalue weighted by atomic mass is 32.2. The normalized spacial score (nSPS) is 33.7. The Morgan fingerprint density at radius 3 is 2.15 bits per heavy atom. The Hall–Kier alpha value is -3.10. The fraction of sp³-hybridized carbons (Fsp3) is 0.553. The summed E-state index contributed by atoms with van der Waals surface area (Å²) in [5.41, 5.74) is 4.41. The van der Waals surface area contributed by atoms with E-state index in [2.05, 4.69) is 44.2 Å². The van der Waals surface area contributed by atoms with E-state index in [1.165, 1.54) is 31.1 Å². The summed E-state index contributed by atoms with van der Waals surface area (Å²) in [6.45, 7) is 4.85. The van der Waals surface area contributed by atoms with E-state index in [4.69, 9.17) is 0 Å². The van der Waals surface area contributed by atoms with Gasteiger partial charge in [0.25, 0.3) is 0 Å². The van der Waals surface area contributed by atoms with Crippen molar-refractivity contribution < 1.29 is 23.4 Å². The molecule has 0 spiro atoms. The predicted octanol–water partition coefficient (Wildman–Crippen LogP) is 9.10. The van der Waals surface area contributed by atoms with Crippen LogP contribution in [0.5, 0.6) is 0 Å². The van der Waals surface area contributed by atoms with E-state index < -0.39 is 27.1 Å². The van der Waals surface area contributed by atoms with Crippen LogP contribution in [0, 0.1) is 28.6 Å². The van der Waals surface area contributed by atoms with Crippen molar-refractivity contribution in [1.29, 1.82) is 0 Å². The number of allylic oxidation sites excluding steroid dienone is 2. The smallest absolute Gasteiger partial charge is 0.211 e. The van der Waals surface area contributed by atoms with E-state index in [0.717, 1.165) is 54.4 Å². The van der Waals surface area contributed by atoms with Gasteiger partial charge in [-0.25, -0.2) is 8.42 Å². The fourth-order valence-corrected chi connectivity index (χ4v) is 13.2. The zero-order valence-electron chi connectivity index (χ0n) is 32.5. The van der Waals surface area contributed by atoms with E-state index in [-0.39, 0.29) is 23.7 Å². The van der Waals surface area contributed by atoms with Crippen LogP contribution in [0.4, 0.5) is 0 Å². The van der Waals surface area contributed by atoms with Crippen molar-refractivity contribution in [3.05, 3.63) is 107 Å². The van der Waals surface area contributed by atoms with Gasteiger partial charge in [0.1, 0.15) is 0 Å². The molecular weight excluding hydrogens is 691 g/mol. The van der Waals surface area contributed by atoms with Crippen LogP contribution < -0.4 is 0 Å². The van der Waals surface area contributed by atoms with Crippen LogP contribution in [-0.2, 0) is 16.4 Å². The Kier molecular flexibility index (Phi) is 10.1. The second-order valence-corrected chi connectivity index (χ2v) is 20.7. The SMILES string of the molecule is CC1=CCCC2(C)C(CCC2(O)CN(CC23CC4CC(CC(C4)C2)C3)S(C)(=O)=O)c2ccc(cc2C(=O)c2ccc(-c3ccccc3)cc2)CC(O)CC1. The van der Waals surface area contributed by atoms with Gasteiger partial charge in [-0.05, 0) is 148 Å². The highest BCUT2D eigenvalue weighted by Crippen LogP contribution is 2.62. The van der Waals surface area contributed by atoms with Gasteiger partial charge in [-0.2, -0.15) is 4.31 Å². The van der Waals surface area contributed by atoms with Crippen LogP contribution in [-0.4, -0.2) is 59.8 Å². The van der Waals surface area contributed by atoms with Crippen LogP contribution in [0.2, 0.25) is 0 Å². The molecule has 7 heteroatoms. The standard InChI is InChI=1S/C47H59NO5S/c1-32-8-7-20-45(2)43(19-21-47(45,51)31-48(54(3,52)53)30-46-27-34-22-35(28-46)24-36(23-34)29-46)41-18-12-33(25-40(49)17-11-32)26-42(41)44(50)39-15-13-38(14-16-39)37-9-5-4-6-10-37/h4-6,8-10,12-16,18,26,34-36,40,43,49,51H,7,11,17,19-25,27-31H2,1-3H3. The van der Waals surface area contributed by atoms with Crippen molar-refractivity contribution >= 4 is 15.8 Å². The lowest BCUT2D eigenvalue weighted by molar-refractivity contribution is -0.0919. The molecule has 0 aromatic heterocycles. The molecular formula is C47H59NO5S. The van der Waals surface area contributed by atoms with Gasteiger partial charge in [0, 0.05) is 29.6 Å². The number of aliphatic hydroxyl groups excluding tert-OH is 1. The first kappa shape index (κ1) is 37.8. The summed E-state index contributed by atoms with van der Waals surface area (Å²) in [7, 11) is -3.61. The second-order valence-electron chi connectivity index (χ2n) is 18.7. The van der Waals surface area contributed by atoms with E-state index in [1.54, 1.807) is 4.31 Å². The first-order valence-corrected chi connectivity index (χ1v) is 22.4. The molecule has 6 nitrogen and oxygen atoms in total. The Bertz CT molecular complexity index is 1970. The predicted molar refractivity (Wildman–Crippen MR) is 216 cm³/mol. The monoisotopic (exact) mass is 749 g/mol. The molecule has 7 aliphatic carbocycles. The van der Waals surface area contributed by atoms with Crippen LogP contribution in [0.25, 0.3) is 11.1 Å². The first-order chi connectivity index (χ1) is 25.7. The van der Waals surface area contributed by atoms with Gasteiger partial charge in [-0.1, -0.05) is 85.3 Å². The molecule has 4 unspecified atom stereocenters. The maximum Gasteiger partial charge on any atom is 0.211 e. The number of aliphatic hydroxyl groups is 2. The van der Waals surface area contributed by atoms with Gasteiger partial charge in [-0.15, -0.1) is 0 Å². The summed E-state index contributed by atoms with van der Waals surface area (Å²) in [5, 5.41) is 24.1. The average molecular weight is 750 g/mol. The van der Waals surface area contributed by atoms with Crippen molar-refractivity contribution in [1.82, 2.24) is 4.31 Å². The van der Waals surface area contributed by atoms with Gasteiger partial charge < -0.3 is 10.2 Å². The third kappa shape index (κ3) is 7.31. The Balaban J connectivity index is 1.16. The molecule has 0 saturated heterocycles. The lowest BCUT2D eigenvalue weighted by atomic mass is 9.49. The fourth-order valence-electron chi connectivity index (χ4n) is 12.2. The van der Waals surface area contributed by atoms with Crippen LogP contribution in [0.3, 0.4) is 0 Å². The van der Waals surface area contributed by atoms with Crippen molar-refractivity contribution in [3.63, 3.8) is 0 Å². The van der Waals surface area contributed by atoms with Gasteiger partial charge >= 0.3 is 0 Å². The van der Waals surface area contributed by atoms with Crippen molar-refractivity contribution in [3.8, 4) is 11.1 Å². The molecule has 4 atom stereocenters. The van der Waals surface area contributed by atoms with Gasteiger partial charge in [0.2, 0.25) is 10.0 Å². The molecule has 0 heterocycles. The minimum atomic E-state index is -3.61. The molecule has 0 radical (unpaired) electrons. The summed E-state index contributed by atoms with van der Waals surface area (Å²) in [6.07, 6.45) is 14.6. The quantitative estimate of drug-likeness (QED) is 0.177. The number of fused-ring (bicyclic) bond motifs is 8. The lowest BCUT2D eigenvalue weighted by Gasteiger charge is -2.58. The van der Waals surface area contributed by atoms with Crippen molar-refractivity contribution in [2.45, 2.75) is 115 Å². The third-order valence-corrected chi connectivity index (χ3v) is 16.0. The molecule has 7 aliphatic rings. The Labute approximate surface area is 323 Å². The van der Waals surface area contributed by atoms with Gasteiger partial charge in [0.15, 0.2) is 5.78 Å². The summed E-state index contributed by atoms with van der Waals surface area (Å²) in [6, 6.07) is 24.0. The maximum absolute atomic E-state index is 14.7. The molecule has 6 bridgehead atoms. The second kappa shape index (κ2) is 14.4. The number of carbonyl (C=O) groups excluding carboxylic acids is 1. The molecule has 3 aromatic carbocycles. The van der Waals surface area contributed by atoms with E-state index in [9.17, 15) is 23.4 Å². The first-order valence-electron chi connectivity index (χ1n) is 20.6. The number of rotatable bonds is 8. The van der Waals surface area contributed by atoms with Crippen molar-refractivity contribution in [2.75, 3.05) is 19.3 Å². The summed E-state index contributed by atoms with van der Waals surface area (Å²) >= 11 is 0. The largest absolute Gasteiger partial charge is 0.393 e. The third-order valence-electron chi connectivity index (χ3n) is 14.8. The number of ketones is 1. The number of carbonyl (C=O) groups is 1. The average Bonchev–Trinajstić information content (AvgIpc) is 3.38.